The molecule has 1 saturated carbocycles. The molecule has 0 heterocycles. The number of hydrogen-bond donors (Lipinski definition) is 1. The molecule has 78 valence electrons. The molecule has 14 heavy (non-hydrogen) atoms. The van der Waals surface area contributed by atoms with Crippen LogP contribution in [0.4, 0.5) is 0 Å². The Morgan fingerprint density at radius 1 is 1.43 bits per heavy atom. The summed E-state index contributed by atoms with van der Waals surface area (Å²) in [5, 5.41) is 9.75. The molecule has 1 unspecified atom stereocenters. The second-order valence-corrected chi connectivity index (χ2v) is 4.82. The fraction of sp³-hybridized carbons (Fsp3) is 0.750. The molecule has 0 radical (unpaired) electrons. The summed E-state index contributed by atoms with van der Waals surface area (Å²) >= 11 is 0. The maximum atomic E-state index is 11.9. The van der Waals surface area contributed by atoms with Crippen LogP contribution < -0.4 is 0 Å². The maximum Gasteiger partial charge on any atom is 0.142 e. The Balaban J connectivity index is 2.45. The number of aliphatic hydroxyl groups excluding tert-OH is 1. The Morgan fingerprint density at radius 2 is 2.14 bits per heavy atom. The van der Waals surface area contributed by atoms with Gasteiger partial charge in [-0.3, -0.25) is 4.79 Å². The Labute approximate surface area is 85.0 Å². The molecule has 0 aromatic heterocycles. The van der Waals surface area contributed by atoms with E-state index in [2.05, 4.69) is 6.92 Å². The zero-order valence-corrected chi connectivity index (χ0v) is 8.97. The van der Waals surface area contributed by atoms with Crippen LogP contribution in [-0.2, 0) is 4.79 Å². The standard InChI is InChI=1S/C12H18O2/c1-8-9-4-3-5-11(14)12(9,2)7-6-10(8)13/h10,13H,3-7H2,1-2H3/t10?,12-/m0/s1. The number of carbonyl (C=O) groups is 1. The summed E-state index contributed by atoms with van der Waals surface area (Å²) in [5.74, 6) is 0.380. The SMILES string of the molecule is CC1=C2CCCC(=O)[C@@]2(C)CCC1O. The first-order chi connectivity index (χ1) is 6.55. The lowest BCUT2D eigenvalue weighted by molar-refractivity contribution is -0.128. The molecule has 0 aromatic carbocycles. The molecule has 0 aliphatic heterocycles. The van der Waals surface area contributed by atoms with Crippen LogP contribution in [0.5, 0.6) is 0 Å². The van der Waals surface area contributed by atoms with E-state index in [1.165, 1.54) is 5.57 Å². The van der Waals surface area contributed by atoms with E-state index >= 15 is 0 Å². The molecule has 1 fully saturated rings. The number of ketones is 1. The van der Waals surface area contributed by atoms with Crippen LogP contribution in [0.3, 0.4) is 0 Å². The van der Waals surface area contributed by atoms with E-state index in [4.69, 9.17) is 0 Å². The van der Waals surface area contributed by atoms with Crippen molar-refractivity contribution in [3.05, 3.63) is 11.1 Å². The van der Waals surface area contributed by atoms with Gasteiger partial charge in [-0.25, -0.2) is 0 Å². The smallest absolute Gasteiger partial charge is 0.142 e. The van der Waals surface area contributed by atoms with E-state index in [9.17, 15) is 9.90 Å². The molecule has 0 aromatic rings. The molecule has 2 atom stereocenters. The van der Waals surface area contributed by atoms with Gasteiger partial charge in [-0.15, -0.1) is 0 Å². The third kappa shape index (κ3) is 1.24. The maximum absolute atomic E-state index is 11.9. The van der Waals surface area contributed by atoms with Gasteiger partial charge in [0.05, 0.1) is 6.10 Å². The summed E-state index contributed by atoms with van der Waals surface area (Å²) in [7, 11) is 0. The van der Waals surface area contributed by atoms with Crippen molar-refractivity contribution in [1.82, 2.24) is 0 Å². The Hall–Kier alpha value is -0.630. The highest BCUT2D eigenvalue weighted by Crippen LogP contribution is 2.47. The molecule has 2 aliphatic carbocycles. The first-order valence-corrected chi connectivity index (χ1v) is 5.47. The van der Waals surface area contributed by atoms with Gasteiger partial charge in [-0.1, -0.05) is 5.57 Å². The summed E-state index contributed by atoms with van der Waals surface area (Å²) in [6, 6.07) is 0. The Morgan fingerprint density at radius 3 is 2.86 bits per heavy atom. The van der Waals surface area contributed by atoms with Crippen molar-refractivity contribution in [2.24, 2.45) is 5.41 Å². The minimum Gasteiger partial charge on any atom is -0.389 e. The van der Waals surface area contributed by atoms with Crippen molar-refractivity contribution in [2.45, 2.75) is 52.1 Å². The molecule has 0 spiro atoms. The third-order valence-corrected chi connectivity index (χ3v) is 4.01. The van der Waals surface area contributed by atoms with Gasteiger partial charge < -0.3 is 5.11 Å². The number of carbonyl (C=O) groups excluding carboxylic acids is 1. The minimum absolute atomic E-state index is 0.235. The predicted octanol–water partition coefficient (Wildman–Crippen LogP) is 2.22. The number of aliphatic hydroxyl groups is 1. The minimum atomic E-state index is -0.302. The predicted molar refractivity (Wildman–Crippen MR) is 54.9 cm³/mol. The van der Waals surface area contributed by atoms with Crippen molar-refractivity contribution in [2.75, 3.05) is 0 Å². The first-order valence-electron chi connectivity index (χ1n) is 5.47. The van der Waals surface area contributed by atoms with Crippen LogP contribution in [0.2, 0.25) is 0 Å². The highest BCUT2D eigenvalue weighted by Gasteiger charge is 2.43. The van der Waals surface area contributed by atoms with Gasteiger partial charge in [0.1, 0.15) is 5.78 Å². The average Bonchev–Trinajstić information content (AvgIpc) is 2.16. The summed E-state index contributed by atoms with van der Waals surface area (Å²) in [6.45, 7) is 4.04. The van der Waals surface area contributed by atoms with Gasteiger partial charge in [-0.05, 0) is 45.1 Å². The van der Waals surface area contributed by atoms with Crippen LogP contribution in [0.15, 0.2) is 11.1 Å². The highest BCUT2D eigenvalue weighted by molar-refractivity contribution is 5.89. The monoisotopic (exact) mass is 194 g/mol. The molecule has 2 heteroatoms. The van der Waals surface area contributed by atoms with Gasteiger partial charge in [0.2, 0.25) is 0 Å². The number of fused-ring (bicyclic) bond motifs is 1. The number of rotatable bonds is 0. The summed E-state index contributed by atoms with van der Waals surface area (Å²) < 4.78 is 0. The second-order valence-electron chi connectivity index (χ2n) is 4.82. The quantitative estimate of drug-likeness (QED) is 0.600. The fourth-order valence-corrected chi connectivity index (χ4v) is 2.91. The zero-order valence-electron chi connectivity index (χ0n) is 8.97. The highest BCUT2D eigenvalue weighted by atomic mass is 16.3. The molecule has 0 saturated heterocycles. The third-order valence-electron chi connectivity index (χ3n) is 4.01. The number of hydrogen-bond acceptors (Lipinski definition) is 2. The largest absolute Gasteiger partial charge is 0.389 e. The lowest BCUT2D eigenvalue weighted by atomic mass is 9.63. The molecule has 0 amide bonds. The number of Topliss-reactive ketones (excluding diaryl/α,β-unsaturated/α-hetero) is 1. The van der Waals surface area contributed by atoms with Crippen LogP contribution in [-0.4, -0.2) is 17.0 Å². The van der Waals surface area contributed by atoms with Crippen molar-refractivity contribution in [1.29, 1.82) is 0 Å². The Bertz CT molecular complexity index is 303. The van der Waals surface area contributed by atoms with E-state index in [1.807, 2.05) is 6.92 Å². The van der Waals surface area contributed by atoms with Crippen molar-refractivity contribution >= 4 is 5.78 Å². The van der Waals surface area contributed by atoms with Gasteiger partial charge in [-0.2, -0.15) is 0 Å². The lowest BCUT2D eigenvalue weighted by Crippen LogP contribution is -2.39. The van der Waals surface area contributed by atoms with E-state index in [-0.39, 0.29) is 11.5 Å². The molecular formula is C12H18O2. The van der Waals surface area contributed by atoms with Crippen molar-refractivity contribution in [3.63, 3.8) is 0 Å². The zero-order chi connectivity index (χ0) is 10.3. The summed E-state index contributed by atoms with van der Waals surface area (Å²) in [5.41, 5.74) is 2.06. The van der Waals surface area contributed by atoms with E-state index in [1.54, 1.807) is 0 Å². The van der Waals surface area contributed by atoms with E-state index in [0.29, 0.717) is 5.78 Å². The summed E-state index contributed by atoms with van der Waals surface area (Å²) in [4.78, 5) is 11.9. The van der Waals surface area contributed by atoms with Crippen LogP contribution in [0, 0.1) is 5.41 Å². The second kappa shape index (κ2) is 3.20. The van der Waals surface area contributed by atoms with Crippen LogP contribution in [0.1, 0.15) is 46.0 Å². The Kier molecular flexibility index (Phi) is 2.26. The van der Waals surface area contributed by atoms with Gasteiger partial charge in [0, 0.05) is 11.8 Å². The molecule has 2 nitrogen and oxygen atoms in total. The topological polar surface area (TPSA) is 37.3 Å². The first kappa shape index (κ1) is 9.91. The van der Waals surface area contributed by atoms with Crippen molar-refractivity contribution < 1.29 is 9.90 Å². The average molecular weight is 194 g/mol. The number of allylic oxidation sites excluding steroid dienone is 1. The fourth-order valence-electron chi connectivity index (χ4n) is 2.91. The van der Waals surface area contributed by atoms with E-state index < -0.39 is 0 Å². The molecule has 0 bridgehead atoms. The molecular weight excluding hydrogens is 176 g/mol. The van der Waals surface area contributed by atoms with E-state index in [0.717, 1.165) is 37.7 Å². The normalized spacial score (nSPS) is 38.5. The molecule has 1 N–H and O–H groups in total. The van der Waals surface area contributed by atoms with Gasteiger partial charge in [0.15, 0.2) is 0 Å². The lowest BCUT2D eigenvalue weighted by Gasteiger charge is -2.41. The van der Waals surface area contributed by atoms with Gasteiger partial charge in [0.25, 0.3) is 0 Å². The van der Waals surface area contributed by atoms with Crippen LogP contribution in [0.25, 0.3) is 0 Å². The summed E-state index contributed by atoms with van der Waals surface area (Å²) in [6.07, 6.45) is 3.98. The van der Waals surface area contributed by atoms with Crippen LogP contribution >= 0.6 is 0 Å². The molecule has 2 rings (SSSR count). The van der Waals surface area contributed by atoms with Gasteiger partial charge >= 0.3 is 0 Å². The van der Waals surface area contributed by atoms with Crippen molar-refractivity contribution in [3.8, 4) is 0 Å². The molecule has 2 aliphatic rings.